The summed E-state index contributed by atoms with van der Waals surface area (Å²) in [6.45, 7) is 5.23. The molecule has 0 atom stereocenters. The first kappa shape index (κ1) is 26.1. The number of hydrogen-bond donors (Lipinski definition) is 3. The third-order valence-electron chi connectivity index (χ3n) is 6.04. The number of alkyl halides is 3. The summed E-state index contributed by atoms with van der Waals surface area (Å²) in [4.78, 5) is 22.8. The molecular weight excluding hydrogens is 488 g/mol. The molecule has 0 unspecified atom stereocenters. The number of rotatable bonds is 7. The lowest BCUT2D eigenvalue weighted by Gasteiger charge is -2.29. The fourth-order valence-electron chi connectivity index (χ4n) is 3.95. The van der Waals surface area contributed by atoms with Gasteiger partial charge in [-0.3, -0.25) is 4.79 Å². The summed E-state index contributed by atoms with van der Waals surface area (Å²) >= 11 is 0. The molecule has 1 aromatic heterocycles. The summed E-state index contributed by atoms with van der Waals surface area (Å²) in [5, 5.41) is 8.78. The second-order valence-corrected chi connectivity index (χ2v) is 8.77. The van der Waals surface area contributed by atoms with Crippen molar-refractivity contribution in [1.29, 1.82) is 0 Å². The van der Waals surface area contributed by atoms with E-state index in [0.717, 1.165) is 44.1 Å². The van der Waals surface area contributed by atoms with Crippen LogP contribution in [0.25, 0.3) is 11.1 Å². The molecule has 3 aromatic rings. The van der Waals surface area contributed by atoms with E-state index in [1.807, 2.05) is 7.05 Å². The molecule has 2 aromatic carbocycles. The van der Waals surface area contributed by atoms with Crippen LogP contribution in [0.1, 0.15) is 18.4 Å². The number of halogens is 4. The van der Waals surface area contributed by atoms with E-state index < -0.39 is 23.5 Å². The number of anilines is 4. The maximum atomic E-state index is 14.7. The molecule has 37 heavy (non-hydrogen) atoms. The topological polar surface area (TPSA) is 82.2 Å². The zero-order chi connectivity index (χ0) is 26.6. The minimum atomic E-state index is -4.47. The van der Waals surface area contributed by atoms with Gasteiger partial charge in [-0.1, -0.05) is 18.7 Å². The van der Waals surface area contributed by atoms with Crippen LogP contribution >= 0.6 is 0 Å². The molecule has 1 saturated heterocycles. The Kier molecular flexibility index (Phi) is 7.72. The van der Waals surface area contributed by atoms with Crippen LogP contribution in [0.4, 0.5) is 40.7 Å². The number of nitrogens with zero attached hydrogens (tertiary/aromatic N) is 3. The molecule has 11 heteroatoms. The summed E-state index contributed by atoms with van der Waals surface area (Å²) in [6, 6.07) is 8.67. The molecule has 1 aliphatic rings. The van der Waals surface area contributed by atoms with Crippen molar-refractivity contribution in [3.8, 4) is 11.1 Å². The smallest absolute Gasteiger partial charge is 0.351 e. The van der Waals surface area contributed by atoms with Gasteiger partial charge in [0.2, 0.25) is 11.9 Å². The summed E-state index contributed by atoms with van der Waals surface area (Å²) < 4.78 is 53.9. The van der Waals surface area contributed by atoms with E-state index in [0.29, 0.717) is 22.8 Å². The Morgan fingerprint density at radius 1 is 1.14 bits per heavy atom. The third-order valence-corrected chi connectivity index (χ3v) is 6.04. The number of carbonyl (C=O) groups excluding carboxylic acids is 1. The number of amides is 1. The zero-order valence-electron chi connectivity index (χ0n) is 20.1. The summed E-state index contributed by atoms with van der Waals surface area (Å²) in [5.41, 5.74) is 0.340. The molecule has 0 saturated carbocycles. The zero-order valence-corrected chi connectivity index (χ0v) is 20.1. The second kappa shape index (κ2) is 11.0. The second-order valence-electron chi connectivity index (χ2n) is 8.77. The standard InChI is InChI=1S/C26H26F4N6O/c1-3-23(37)32-19-8-9-21(27)22(14-19)34-24-20(16-4-6-17(7-5-16)26(28,29)30)15-31-25(35-24)33-18-10-12-36(2)13-11-18/h3-9,14-15,18H,1,10-13H2,2H3,(H,32,37)(H2,31,33,34,35). The van der Waals surface area contributed by atoms with Gasteiger partial charge in [0.25, 0.3) is 0 Å². The molecule has 3 N–H and O–H groups in total. The lowest BCUT2D eigenvalue weighted by Crippen LogP contribution is -2.37. The number of benzene rings is 2. The first-order valence-electron chi connectivity index (χ1n) is 11.6. The van der Waals surface area contributed by atoms with Gasteiger partial charge in [0.05, 0.1) is 11.3 Å². The van der Waals surface area contributed by atoms with Gasteiger partial charge < -0.3 is 20.9 Å². The normalized spacial score (nSPS) is 14.7. The Balaban J connectivity index is 1.68. The predicted octanol–water partition coefficient (Wildman–Crippen LogP) is 5.68. The van der Waals surface area contributed by atoms with Gasteiger partial charge >= 0.3 is 6.18 Å². The van der Waals surface area contributed by atoms with E-state index in [-0.39, 0.29) is 17.5 Å². The van der Waals surface area contributed by atoms with Crippen molar-refractivity contribution in [2.45, 2.75) is 25.1 Å². The highest BCUT2D eigenvalue weighted by atomic mass is 19.4. The molecule has 194 valence electrons. The van der Waals surface area contributed by atoms with Gasteiger partial charge in [-0.05, 0) is 75.0 Å². The minimum Gasteiger partial charge on any atom is -0.351 e. The molecular formula is C26H26F4N6O. The lowest BCUT2D eigenvalue weighted by atomic mass is 10.0. The van der Waals surface area contributed by atoms with Crippen molar-refractivity contribution in [3.05, 3.63) is 72.7 Å². The predicted molar refractivity (Wildman–Crippen MR) is 135 cm³/mol. The van der Waals surface area contributed by atoms with E-state index in [9.17, 15) is 22.4 Å². The maximum absolute atomic E-state index is 14.7. The van der Waals surface area contributed by atoms with Crippen LogP contribution in [0.2, 0.25) is 0 Å². The van der Waals surface area contributed by atoms with E-state index in [4.69, 9.17) is 0 Å². The van der Waals surface area contributed by atoms with Crippen LogP contribution in [0.15, 0.2) is 61.3 Å². The molecule has 2 heterocycles. The highest BCUT2D eigenvalue weighted by molar-refractivity contribution is 5.99. The number of aromatic nitrogens is 2. The molecule has 0 spiro atoms. The van der Waals surface area contributed by atoms with Crippen LogP contribution < -0.4 is 16.0 Å². The molecule has 1 aliphatic heterocycles. The van der Waals surface area contributed by atoms with Gasteiger partial charge in [0, 0.05) is 23.5 Å². The van der Waals surface area contributed by atoms with Crippen molar-refractivity contribution in [3.63, 3.8) is 0 Å². The number of likely N-dealkylation sites (tertiary alicyclic amines) is 1. The van der Waals surface area contributed by atoms with Crippen molar-refractivity contribution < 1.29 is 22.4 Å². The SMILES string of the molecule is C=CC(=O)Nc1ccc(F)c(Nc2nc(NC3CCN(C)CC3)ncc2-c2ccc(C(F)(F)F)cc2)c1. The summed E-state index contributed by atoms with van der Waals surface area (Å²) in [7, 11) is 2.05. The van der Waals surface area contributed by atoms with Crippen LogP contribution in [-0.2, 0) is 11.0 Å². The molecule has 0 aliphatic carbocycles. The van der Waals surface area contributed by atoms with Crippen LogP contribution in [0.5, 0.6) is 0 Å². The maximum Gasteiger partial charge on any atom is 0.416 e. The fraction of sp³-hybridized carbons (Fsp3) is 0.269. The fourth-order valence-corrected chi connectivity index (χ4v) is 3.95. The van der Waals surface area contributed by atoms with Crippen molar-refractivity contribution >= 4 is 29.0 Å². The number of hydrogen-bond acceptors (Lipinski definition) is 6. The average molecular weight is 515 g/mol. The monoisotopic (exact) mass is 514 g/mol. The van der Waals surface area contributed by atoms with E-state index in [1.54, 1.807) is 0 Å². The quantitative estimate of drug-likeness (QED) is 0.278. The molecule has 1 amide bonds. The first-order valence-corrected chi connectivity index (χ1v) is 11.6. The van der Waals surface area contributed by atoms with Gasteiger partial charge in [0.15, 0.2) is 0 Å². The van der Waals surface area contributed by atoms with E-state index >= 15 is 0 Å². The molecule has 0 bridgehead atoms. The van der Waals surface area contributed by atoms with Crippen LogP contribution in [0.3, 0.4) is 0 Å². The Hall–Kier alpha value is -3.99. The summed E-state index contributed by atoms with van der Waals surface area (Å²) in [6.07, 6.45) is -0.121. The van der Waals surface area contributed by atoms with Crippen LogP contribution in [0, 0.1) is 5.82 Å². The van der Waals surface area contributed by atoms with E-state index in [1.165, 1.54) is 36.5 Å². The van der Waals surface area contributed by atoms with Crippen molar-refractivity contribution in [2.24, 2.45) is 0 Å². The molecule has 7 nitrogen and oxygen atoms in total. The highest BCUT2D eigenvalue weighted by Crippen LogP contribution is 2.34. The summed E-state index contributed by atoms with van der Waals surface area (Å²) in [5.74, 6) is -0.575. The minimum absolute atomic E-state index is 0.0129. The molecule has 4 rings (SSSR count). The Labute approximate surface area is 211 Å². The molecule has 1 fully saturated rings. The number of piperidine rings is 1. The largest absolute Gasteiger partial charge is 0.416 e. The van der Waals surface area contributed by atoms with Crippen molar-refractivity contribution in [2.75, 3.05) is 36.1 Å². The van der Waals surface area contributed by atoms with Gasteiger partial charge in [-0.15, -0.1) is 0 Å². The number of carbonyl (C=O) groups is 1. The van der Waals surface area contributed by atoms with Crippen molar-refractivity contribution in [1.82, 2.24) is 14.9 Å². The number of nitrogens with one attached hydrogen (secondary N) is 3. The Morgan fingerprint density at radius 2 is 1.84 bits per heavy atom. The van der Waals surface area contributed by atoms with Crippen LogP contribution in [-0.4, -0.2) is 47.0 Å². The lowest BCUT2D eigenvalue weighted by molar-refractivity contribution is -0.137. The third kappa shape index (κ3) is 6.62. The first-order chi connectivity index (χ1) is 17.6. The van der Waals surface area contributed by atoms with Gasteiger partial charge in [0.1, 0.15) is 11.6 Å². The van der Waals surface area contributed by atoms with Gasteiger partial charge in [-0.25, -0.2) is 9.37 Å². The average Bonchev–Trinajstić information content (AvgIpc) is 2.87. The van der Waals surface area contributed by atoms with E-state index in [2.05, 4.69) is 37.4 Å². The molecule has 0 radical (unpaired) electrons. The highest BCUT2D eigenvalue weighted by Gasteiger charge is 2.30. The Bertz CT molecular complexity index is 1270. The van der Waals surface area contributed by atoms with Gasteiger partial charge in [-0.2, -0.15) is 18.2 Å². The Morgan fingerprint density at radius 3 is 2.49 bits per heavy atom.